The van der Waals surface area contributed by atoms with Crippen molar-refractivity contribution in [1.82, 2.24) is 0 Å². The Hall–Kier alpha value is -1.80. The van der Waals surface area contributed by atoms with Crippen LogP contribution >= 0.6 is 0 Å². The number of benzene rings is 2. The maximum atomic E-state index is 5.70. The number of ether oxygens (including phenoxy) is 2. The molecule has 2 aromatic rings. The van der Waals surface area contributed by atoms with Crippen LogP contribution in [0.3, 0.4) is 0 Å². The van der Waals surface area contributed by atoms with Crippen molar-refractivity contribution >= 4 is 0 Å². The van der Waals surface area contributed by atoms with Crippen LogP contribution in [0, 0.1) is 0 Å². The third kappa shape index (κ3) is 5.72. The van der Waals surface area contributed by atoms with E-state index in [0.29, 0.717) is 6.61 Å². The summed E-state index contributed by atoms with van der Waals surface area (Å²) in [6.45, 7) is 6.78. The molecule has 0 amide bonds. The van der Waals surface area contributed by atoms with E-state index in [1.165, 1.54) is 42.4 Å². The molecule has 0 fully saturated rings. The average Bonchev–Trinajstić information content (AvgIpc) is 2.57. The summed E-state index contributed by atoms with van der Waals surface area (Å²) in [6, 6.07) is 17.1. The van der Waals surface area contributed by atoms with E-state index in [9.17, 15) is 0 Å². The molecule has 0 radical (unpaired) electrons. The second kappa shape index (κ2) is 9.36. The van der Waals surface area contributed by atoms with Gasteiger partial charge >= 0.3 is 0 Å². The molecule has 0 bridgehead atoms. The van der Waals surface area contributed by atoms with Gasteiger partial charge in [0.25, 0.3) is 0 Å². The van der Waals surface area contributed by atoms with Crippen LogP contribution in [-0.2, 0) is 11.2 Å². The highest BCUT2D eigenvalue weighted by Crippen LogP contribution is 2.24. The molecular formula is C21H28O2. The molecule has 0 heterocycles. The molecule has 2 nitrogen and oxygen atoms in total. The van der Waals surface area contributed by atoms with E-state index in [2.05, 4.69) is 43.3 Å². The van der Waals surface area contributed by atoms with Gasteiger partial charge in [0.2, 0.25) is 0 Å². The molecule has 0 aliphatic rings. The highest BCUT2D eigenvalue weighted by Gasteiger charge is 2.04. The Kier molecular flexibility index (Phi) is 7.15. The third-order valence-corrected chi connectivity index (χ3v) is 3.91. The van der Waals surface area contributed by atoms with Crippen LogP contribution in [0.15, 0.2) is 48.5 Å². The molecule has 0 aliphatic heterocycles. The van der Waals surface area contributed by atoms with Gasteiger partial charge in [-0.05, 0) is 55.5 Å². The molecule has 0 aliphatic carbocycles. The molecule has 1 atom stereocenters. The normalized spacial score (nSPS) is 12.1. The molecule has 0 spiro atoms. The van der Waals surface area contributed by atoms with E-state index < -0.39 is 0 Å². The molecule has 0 saturated heterocycles. The second-order valence-corrected chi connectivity index (χ2v) is 5.82. The quantitative estimate of drug-likeness (QED) is 0.427. The standard InChI is InChI=1S/C21H28O2/c1-4-6-7-8-18-9-11-19(12-10-18)20-13-15-21(16-14-20)23-17(3)22-5-2/h9-17H,4-8H2,1-3H3. The van der Waals surface area contributed by atoms with E-state index in [0.717, 1.165) is 5.75 Å². The molecule has 0 N–H and O–H groups in total. The number of rotatable bonds is 9. The van der Waals surface area contributed by atoms with Crippen molar-refractivity contribution < 1.29 is 9.47 Å². The van der Waals surface area contributed by atoms with E-state index >= 15 is 0 Å². The molecule has 2 aromatic carbocycles. The van der Waals surface area contributed by atoms with E-state index in [1.54, 1.807) is 0 Å². The fourth-order valence-corrected chi connectivity index (χ4v) is 2.63. The summed E-state index contributed by atoms with van der Waals surface area (Å²) in [4.78, 5) is 0. The van der Waals surface area contributed by atoms with Gasteiger partial charge in [-0.2, -0.15) is 0 Å². The molecule has 0 aromatic heterocycles. The molecular weight excluding hydrogens is 284 g/mol. The van der Waals surface area contributed by atoms with Gasteiger partial charge in [0.05, 0.1) is 0 Å². The molecule has 1 unspecified atom stereocenters. The first-order valence-electron chi connectivity index (χ1n) is 8.70. The maximum Gasteiger partial charge on any atom is 0.196 e. The second-order valence-electron chi connectivity index (χ2n) is 5.82. The Morgan fingerprint density at radius 3 is 2.00 bits per heavy atom. The largest absolute Gasteiger partial charge is 0.465 e. The monoisotopic (exact) mass is 312 g/mol. The van der Waals surface area contributed by atoms with E-state index in [1.807, 2.05) is 26.0 Å². The first-order chi connectivity index (χ1) is 11.2. The van der Waals surface area contributed by atoms with E-state index in [-0.39, 0.29) is 6.29 Å². The van der Waals surface area contributed by atoms with E-state index in [4.69, 9.17) is 9.47 Å². The zero-order valence-corrected chi connectivity index (χ0v) is 14.5. The minimum Gasteiger partial charge on any atom is -0.465 e. The topological polar surface area (TPSA) is 18.5 Å². The van der Waals surface area contributed by atoms with Crippen LogP contribution in [0.1, 0.15) is 45.6 Å². The van der Waals surface area contributed by atoms with Gasteiger partial charge in [-0.25, -0.2) is 0 Å². The minimum absolute atomic E-state index is 0.215. The van der Waals surface area contributed by atoms with Gasteiger partial charge in [0, 0.05) is 6.61 Å². The molecule has 0 saturated carbocycles. The van der Waals surface area contributed by atoms with Gasteiger partial charge in [-0.3, -0.25) is 0 Å². The van der Waals surface area contributed by atoms with Crippen LogP contribution in [0.5, 0.6) is 5.75 Å². The lowest BCUT2D eigenvalue weighted by molar-refractivity contribution is -0.0613. The predicted octanol–water partition coefficient (Wildman–Crippen LogP) is 5.85. The fourth-order valence-electron chi connectivity index (χ4n) is 2.63. The number of hydrogen-bond acceptors (Lipinski definition) is 2. The van der Waals surface area contributed by atoms with Gasteiger partial charge in [0.1, 0.15) is 5.75 Å². The Morgan fingerprint density at radius 1 is 0.826 bits per heavy atom. The molecule has 2 heteroatoms. The highest BCUT2D eigenvalue weighted by molar-refractivity contribution is 5.64. The van der Waals surface area contributed by atoms with Gasteiger partial charge < -0.3 is 9.47 Å². The Bertz CT molecular complexity index is 557. The van der Waals surface area contributed by atoms with Gasteiger partial charge in [-0.1, -0.05) is 56.2 Å². The van der Waals surface area contributed by atoms with Crippen molar-refractivity contribution in [2.75, 3.05) is 6.61 Å². The lowest BCUT2D eigenvalue weighted by atomic mass is 10.0. The summed E-state index contributed by atoms with van der Waals surface area (Å²) >= 11 is 0. The zero-order valence-electron chi connectivity index (χ0n) is 14.5. The maximum absolute atomic E-state index is 5.70. The Labute approximate surface area is 140 Å². The molecule has 124 valence electrons. The van der Waals surface area contributed by atoms with Crippen LogP contribution in [0.2, 0.25) is 0 Å². The van der Waals surface area contributed by atoms with Crippen molar-refractivity contribution in [3.63, 3.8) is 0 Å². The third-order valence-electron chi connectivity index (χ3n) is 3.91. The van der Waals surface area contributed by atoms with Crippen molar-refractivity contribution in [3.8, 4) is 16.9 Å². The summed E-state index contributed by atoms with van der Waals surface area (Å²) in [6.07, 6.45) is 4.82. The molecule has 2 rings (SSSR count). The lowest BCUT2D eigenvalue weighted by Gasteiger charge is -2.14. The Morgan fingerprint density at radius 2 is 1.43 bits per heavy atom. The fraction of sp³-hybridized carbons (Fsp3) is 0.429. The molecule has 23 heavy (non-hydrogen) atoms. The van der Waals surface area contributed by atoms with Crippen LogP contribution in [-0.4, -0.2) is 12.9 Å². The van der Waals surface area contributed by atoms with Crippen molar-refractivity contribution in [2.45, 2.75) is 52.7 Å². The number of aryl methyl sites for hydroxylation is 1. The number of hydrogen-bond donors (Lipinski definition) is 0. The van der Waals surface area contributed by atoms with Crippen molar-refractivity contribution in [3.05, 3.63) is 54.1 Å². The lowest BCUT2D eigenvalue weighted by Crippen LogP contribution is -2.15. The summed E-state index contributed by atoms with van der Waals surface area (Å²) in [5.74, 6) is 0.839. The summed E-state index contributed by atoms with van der Waals surface area (Å²) in [5.41, 5.74) is 3.88. The zero-order chi connectivity index (χ0) is 16.5. The highest BCUT2D eigenvalue weighted by atomic mass is 16.7. The smallest absolute Gasteiger partial charge is 0.196 e. The van der Waals surface area contributed by atoms with Crippen molar-refractivity contribution in [2.24, 2.45) is 0 Å². The SMILES string of the molecule is CCCCCc1ccc(-c2ccc(OC(C)OCC)cc2)cc1. The van der Waals surface area contributed by atoms with Crippen LogP contribution in [0.4, 0.5) is 0 Å². The first-order valence-corrected chi connectivity index (χ1v) is 8.70. The number of unbranched alkanes of at least 4 members (excludes halogenated alkanes) is 2. The summed E-state index contributed by atoms with van der Waals surface area (Å²) in [5, 5.41) is 0. The van der Waals surface area contributed by atoms with Gasteiger partial charge in [0.15, 0.2) is 6.29 Å². The van der Waals surface area contributed by atoms with Crippen LogP contribution < -0.4 is 4.74 Å². The Balaban J connectivity index is 1.96. The summed E-state index contributed by atoms with van der Waals surface area (Å²) in [7, 11) is 0. The van der Waals surface area contributed by atoms with Crippen molar-refractivity contribution in [1.29, 1.82) is 0 Å². The van der Waals surface area contributed by atoms with Crippen LogP contribution in [0.25, 0.3) is 11.1 Å². The average molecular weight is 312 g/mol. The van der Waals surface area contributed by atoms with Gasteiger partial charge in [-0.15, -0.1) is 0 Å². The minimum atomic E-state index is -0.215. The first kappa shape index (κ1) is 17.6. The predicted molar refractivity (Wildman–Crippen MR) is 96.8 cm³/mol. The summed E-state index contributed by atoms with van der Waals surface area (Å²) < 4.78 is 11.1.